The number of para-hydroxylation sites is 1. The molecule has 1 unspecified atom stereocenters. The summed E-state index contributed by atoms with van der Waals surface area (Å²) in [6.45, 7) is 2.41. The molecular weight excluding hydrogens is 370 g/mol. The summed E-state index contributed by atoms with van der Waals surface area (Å²) in [6.07, 6.45) is 1.46. The molecule has 29 heavy (non-hydrogen) atoms. The molecule has 3 rings (SSSR count). The maximum atomic E-state index is 12.6. The van der Waals surface area contributed by atoms with Gasteiger partial charge in [0.05, 0.1) is 0 Å². The highest BCUT2D eigenvalue weighted by Crippen LogP contribution is 2.29. The summed E-state index contributed by atoms with van der Waals surface area (Å²) >= 11 is 0. The van der Waals surface area contributed by atoms with Gasteiger partial charge in [-0.05, 0) is 49.2 Å². The van der Waals surface area contributed by atoms with Gasteiger partial charge in [-0.25, -0.2) is 0 Å². The zero-order valence-corrected chi connectivity index (χ0v) is 16.4. The lowest BCUT2D eigenvalue weighted by Crippen LogP contribution is -2.45. The zero-order chi connectivity index (χ0) is 20.6. The molecule has 2 N–H and O–H groups in total. The highest BCUT2D eigenvalue weighted by molar-refractivity contribution is 6.03. The van der Waals surface area contributed by atoms with Gasteiger partial charge in [0.15, 0.2) is 0 Å². The van der Waals surface area contributed by atoms with Crippen LogP contribution in [0.5, 0.6) is 11.5 Å². The maximum absolute atomic E-state index is 12.6. The molecule has 0 bridgehead atoms. The Bertz CT molecular complexity index is 852. The Labute approximate surface area is 170 Å². The number of benzene rings is 2. The molecular formula is C22H25N3O4. The van der Waals surface area contributed by atoms with Gasteiger partial charge in [0.2, 0.25) is 17.7 Å². The first-order valence-electron chi connectivity index (χ1n) is 9.72. The molecule has 152 valence electrons. The fourth-order valence-electron chi connectivity index (χ4n) is 3.24. The second-order valence-corrected chi connectivity index (χ2v) is 6.85. The molecule has 1 heterocycles. The predicted molar refractivity (Wildman–Crippen MR) is 110 cm³/mol. The van der Waals surface area contributed by atoms with Crippen molar-refractivity contribution >= 4 is 23.4 Å². The van der Waals surface area contributed by atoms with Crippen LogP contribution >= 0.6 is 0 Å². The number of amides is 3. The Morgan fingerprint density at radius 3 is 2.34 bits per heavy atom. The van der Waals surface area contributed by atoms with E-state index in [4.69, 9.17) is 4.74 Å². The first kappa shape index (κ1) is 20.4. The van der Waals surface area contributed by atoms with Crippen molar-refractivity contribution in [1.29, 1.82) is 0 Å². The van der Waals surface area contributed by atoms with Crippen molar-refractivity contribution in [2.24, 2.45) is 0 Å². The van der Waals surface area contributed by atoms with E-state index in [2.05, 4.69) is 10.6 Å². The normalized spacial score (nSPS) is 15.8. The van der Waals surface area contributed by atoms with Crippen LogP contribution in [-0.4, -0.2) is 36.9 Å². The summed E-state index contributed by atoms with van der Waals surface area (Å²) in [5.74, 6) is 1.05. The fraction of sp³-hybridized carbons (Fsp3) is 0.318. The van der Waals surface area contributed by atoms with Crippen molar-refractivity contribution in [2.75, 3.05) is 18.0 Å². The van der Waals surface area contributed by atoms with E-state index in [1.54, 1.807) is 29.2 Å². The van der Waals surface area contributed by atoms with Crippen LogP contribution in [0.15, 0.2) is 54.6 Å². The molecule has 0 spiro atoms. The molecule has 0 aromatic heterocycles. The Morgan fingerprint density at radius 2 is 1.66 bits per heavy atom. The molecule has 0 aliphatic carbocycles. The molecule has 1 fully saturated rings. The van der Waals surface area contributed by atoms with Gasteiger partial charge in [-0.1, -0.05) is 18.2 Å². The highest BCUT2D eigenvalue weighted by Gasteiger charge is 2.36. The summed E-state index contributed by atoms with van der Waals surface area (Å²) in [5, 5.41) is 5.54. The molecule has 2 aromatic rings. The van der Waals surface area contributed by atoms with Crippen LogP contribution in [-0.2, 0) is 14.4 Å². The van der Waals surface area contributed by atoms with E-state index in [0.29, 0.717) is 43.8 Å². The summed E-state index contributed by atoms with van der Waals surface area (Å²) in [7, 11) is 0. The lowest BCUT2D eigenvalue weighted by atomic mass is 10.2. The number of carbonyl (C=O) groups is 3. The molecule has 1 aliphatic heterocycles. The van der Waals surface area contributed by atoms with Crippen LogP contribution in [0.4, 0.5) is 5.69 Å². The number of hydrogen-bond acceptors (Lipinski definition) is 4. The van der Waals surface area contributed by atoms with Gasteiger partial charge in [-0.3, -0.25) is 19.3 Å². The Kier molecular flexibility index (Phi) is 6.84. The van der Waals surface area contributed by atoms with E-state index in [-0.39, 0.29) is 17.7 Å². The molecule has 7 nitrogen and oxygen atoms in total. The van der Waals surface area contributed by atoms with Crippen molar-refractivity contribution in [3.8, 4) is 11.5 Å². The van der Waals surface area contributed by atoms with Gasteiger partial charge in [-0.15, -0.1) is 0 Å². The van der Waals surface area contributed by atoms with Crippen LogP contribution in [0.1, 0.15) is 26.2 Å². The van der Waals surface area contributed by atoms with Crippen LogP contribution < -0.4 is 20.3 Å². The number of anilines is 1. The third-order valence-electron chi connectivity index (χ3n) is 4.64. The quantitative estimate of drug-likeness (QED) is 0.673. The second kappa shape index (κ2) is 9.73. The summed E-state index contributed by atoms with van der Waals surface area (Å²) < 4.78 is 5.78. The Balaban J connectivity index is 1.59. The number of nitrogens with zero attached hydrogens (tertiary/aromatic N) is 1. The van der Waals surface area contributed by atoms with Gasteiger partial charge in [0.1, 0.15) is 17.5 Å². The number of carbonyl (C=O) groups excluding carboxylic acids is 3. The topological polar surface area (TPSA) is 87.7 Å². The van der Waals surface area contributed by atoms with Crippen molar-refractivity contribution in [3.63, 3.8) is 0 Å². The van der Waals surface area contributed by atoms with E-state index in [9.17, 15) is 14.4 Å². The molecule has 3 amide bonds. The standard InChI is InChI=1S/C22H25N3O4/c1-16(26)23-14-5-15-24-22(28)20-12-13-21(27)25(20)17-8-10-19(11-9-17)29-18-6-3-2-4-7-18/h2-4,6-11,20H,5,12-15H2,1H3,(H,23,26)(H,24,28). The van der Waals surface area contributed by atoms with Crippen molar-refractivity contribution in [1.82, 2.24) is 10.6 Å². The molecule has 1 aliphatic rings. The van der Waals surface area contributed by atoms with Gasteiger partial charge in [0, 0.05) is 32.1 Å². The third kappa shape index (κ3) is 5.57. The highest BCUT2D eigenvalue weighted by atomic mass is 16.5. The van der Waals surface area contributed by atoms with Crippen LogP contribution in [0.2, 0.25) is 0 Å². The lowest BCUT2D eigenvalue weighted by Gasteiger charge is -2.24. The fourth-order valence-corrected chi connectivity index (χ4v) is 3.24. The van der Waals surface area contributed by atoms with Gasteiger partial charge >= 0.3 is 0 Å². The molecule has 0 saturated carbocycles. The lowest BCUT2D eigenvalue weighted by molar-refractivity contribution is -0.123. The molecule has 2 aromatic carbocycles. The summed E-state index contributed by atoms with van der Waals surface area (Å²) in [6, 6.07) is 16.1. The summed E-state index contributed by atoms with van der Waals surface area (Å²) in [4.78, 5) is 37.4. The van der Waals surface area contributed by atoms with Crippen LogP contribution in [0, 0.1) is 0 Å². The number of nitrogens with one attached hydrogen (secondary N) is 2. The molecule has 1 atom stereocenters. The van der Waals surface area contributed by atoms with E-state index >= 15 is 0 Å². The monoisotopic (exact) mass is 395 g/mol. The summed E-state index contributed by atoms with van der Waals surface area (Å²) in [5.41, 5.74) is 0.673. The molecule has 0 radical (unpaired) electrons. The van der Waals surface area contributed by atoms with Crippen LogP contribution in [0.25, 0.3) is 0 Å². The van der Waals surface area contributed by atoms with Crippen LogP contribution in [0.3, 0.4) is 0 Å². The van der Waals surface area contributed by atoms with E-state index < -0.39 is 6.04 Å². The largest absolute Gasteiger partial charge is 0.457 e. The van der Waals surface area contributed by atoms with Gasteiger partial charge in [-0.2, -0.15) is 0 Å². The Morgan fingerprint density at radius 1 is 1.00 bits per heavy atom. The molecule has 1 saturated heterocycles. The predicted octanol–water partition coefficient (Wildman–Crippen LogP) is 2.62. The van der Waals surface area contributed by atoms with E-state index in [0.717, 1.165) is 5.75 Å². The van der Waals surface area contributed by atoms with Gasteiger partial charge < -0.3 is 15.4 Å². The maximum Gasteiger partial charge on any atom is 0.243 e. The molecule has 7 heteroatoms. The first-order valence-corrected chi connectivity index (χ1v) is 9.72. The minimum atomic E-state index is -0.524. The average molecular weight is 395 g/mol. The van der Waals surface area contributed by atoms with E-state index in [1.807, 2.05) is 30.3 Å². The minimum absolute atomic E-state index is 0.0693. The Hall–Kier alpha value is -3.35. The minimum Gasteiger partial charge on any atom is -0.457 e. The SMILES string of the molecule is CC(=O)NCCCNC(=O)C1CCC(=O)N1c1ccc(Oc2ccccc2)cc1. The van der Waals surface area contributed by atoms with Crippen molar-refractivity contribution in [2.45, 2.75) is 32.2 Å². The van der Waals surface area contributed by atoms with Crippen molar-refractivity contribution in [3.05, 3.63) is 54.6 Å². The van der Waals surface area contributed by atoms with Gasteiger partial charge in [0.25, 0.3) is 0 Å². The zero-order valence-electron chi connectivity index (χ0n) is 16.4. The number of hydrogen-bond donors (Lipinski definition) is 2. The number of ether oxygens (including phenoxy) is 1. The smallest absolute Gasteiger partial charge is 0.243 e. The number of rotatable bonds is 8. The van der Waals surface area contributed by atoms with Crippen molar-refractivity contribution < 1.29 is 19.1 Å². The van der Waals surface area contributed by atoms with E-state index in [1.165, 1.54) is 6.92 Å². The second-order valence-electron chi connectivity index (χ2n) is 6.85. The first-order chi connectivity index (χ1) is 14.0. The third-order valence-corrected chi connectivity index (χ3v) is 4.64. The average Bonchev–Trinajstić information content (AvgIpc) is 3.10.